The van der Waals surface area contributed by atoms with Gasteiger partial charge in [0, 0.05) is 23.0 Å². The smallest absolute Gasteiger partial charge is 0.0972 e. The molecule has 2 heteroatoms. The van der Waals surface area contributed by atoms with Crippen LogP contribution in [0.3, 0.4) is 0 Å². The van der Waals surface area contributed by atoms with E-state index < -0.39 is 0 Å². The van der Waals surface area contributed by atoms with E-state index in [1.807, 2.05) is 0 Å². The van der Waals surface area contributed by atoms with Crippen LogP contribution in [0.2, 0.25) is 0 Å². The predicted molar refractivity (Wildman–Crippen MR) is 245 cm³/mol. The Labute approximate surface area is 344 Å². The minimum Gasteiger partial charge on any atom is -0.246 e. The Morgan fingerprint density at radius 1 is 0.328 bits per heavy atom. The quantitative estimate of drug-likeness (QED) is 0.0929. The van der Waals surface area contributed by atoms with E-state index in [1.54, 1.807) is 0 Å². The van der Waals surface area contributed by atoms with Gasteiger partial charge in [-0.2, -0.15) is 0 Å². The fourth-order valence-electron chi connectivity index (χ4n) is 8.34. The summed E-state index contributed by atoms with van der Waals surface area (Å²) >= 11 is 0. The first-order chi connectivity index (χ1) is 28.4. The van der Waals surface area contributed by atoms with E-state index in [0.29, 0.717) is 0 Å². The van der Waals surface area contributed by atoms with Crippen molar-refractivity contribution in [3.8, 4) is 0 Å². The van der Waals surface area contributed by atoms with Gasteiger partial charge < -0.3 is 0 Å². The molecule has 0 unspecified atom stereocenters. The number of hydrogen-bond donors (Lipinski definition) is 0. The van der Waals surface area contributed by atoms with E-state index in [0.717, 1.165) is 56.2 Å². The molecule has 0 fully saturated rings. The van der Waals surface area contributed by atoms with Crippen LogP contribution < -0.4 is 0 Å². The summed E-state index contributed by atoms with van der Waals surface area (Å²) in [6.45, 7) is 8.75. The molecule has 58 heavy (non-hydrogen) atoms. The molecule has 0 N–H and O–H groups in total. The van der Waals surface area contributed by atoms with Crippen molar-refractivity contribution in [1.29, 1.82) is 0 Å². The summed E-state index contributed by atoms with van der Waals surface area (Å²) in [5.74, 6) is -0.0605. The Bertz CT molecular complexity index is 2400. The van der Waals surface area contributed by atoms with Crippen LogP contribution in [-0.2, 0) is 0 Å². The predicted octanol–water partition coefficient (Wildman–Crippen LogP) is 14.2. The highest BCUT2D eigenvalue weighted by molar-refractivity contribution is 6.54. The van der Waals surface area contributed by atoms with E-state index >= 15 is 0 Å². The molecule has 0 saturated heterocycles. The summed E-state index contributed by atoms with van der Waals surface area (Å²) in [5, 5.41) is 0. The molecular formula is C56H48N2. The van der Waals surface area contributed by atoms with Crippen LogP contribution in [-0.4, -0.2) is 11.4 Å². The van der Waals surface area contributed by atoms with Gasteiger partial charge in [0.25, 0.3) is 0 Å². The molecular weight excluding hydrogens is 701 g/mol. The van der Waals surface area contributed by atoms with Crippen molar-refractivity contribution < 1.29 is 0 Å². The van der Waals surface area contributed by atoms with Crippen molar-refractivity contribution in [3.05, 3.63) is 273 Å². The summed E-state index contributed by atoms with van der Waals surface area (Å²) in [6, 6.07) is 73.5. The molecule has 0 spiro atoms. The van der Waals surface area contributed by atoms with E-state index in [4.69, 9.17) is 9.98 Å². The summed E-state index contributed by atoms with van der Waals surface area (Å²) in [7, 11) is 0. The number of aryl methyl sites for hydroxylation is 4. The van der Waals surface area contributed by atoms with Gasteiger partial charge in [0.1, 0.15) is 0 Å². The van der Waals surface area contributed by atoms with Gasteiger partial charge in [0.2, 0.25) is 0 Å². The Kier molecular flexibility index (Phi) is 11.5. The number of hydrogen-bond acceptors (Lipinski definition) is 2. The van der Waals surface area contributed by atoms with Gasteiger partial charge in [0.05, 0.1) is 22.8 Å². The van der Waals surface area contributed by atoms with Gasteiger partial charge in [-0.1, -0.05) is 217 Å². The Balaban J connectivity index is 1.44. The highest BCUT2D eigenvalue weighted by Gasteiger charge is 2.26. The third-order valence-electron chi connectivity index (χ3n) is 10.9. The number of benzene rings is 8. The lowest BCUT2D eigenvalue weighted by atomic mass is 9.82. The molecule has 8 rings (SSSR count). The summed E-state index contributed by atoms with van der Waals surface area (Å²) in [5.41, 5.74) is 17.4. The van der Waals surface area contributed by atoms with Crippen LogP contribution in [0.1, 0.15) is 78.6 Å². The zero-order chi connectivity index (χ0) is 39.8. The van der Waals surface area contributed by atoms with Crippen molar-refractivity contribution in [2.75, 3.05) is 0 Å². The maximum absolute atomic E-state index is 5.84. The average Bonchev–Trinajstić information content (AvgIpc) is 3.26. The Morgan fingerprint density at radius 3 is 0.862 bits per heavy atom. The first-order valence-electron chi connectivity index (χ1n) is 20.1. The normalized spacial score (nSPS) is 12.0. The lowest BCUT2D eigenvalue weighted by Crippen LogP contribution is -2.18. The maximum Gasteiger partial charge on any atom is 0.0972 e. The minimum atomic E-state index is -0.0302. The van der Waals surface area contributed by atoms with E-state index in [2.05, 4.69) is 234 Å². The summed E-state index contributed by atoms with van der Waals surface area (Å²) < 4.78 is 0. The van der Waals surface area contributed by atoms with Crippen LogP contribution >= 0.6 is 0 Å². The van der Waals surface area contributed by atoms with Crippen LogP contribution in [0.15, 0.2) is 216 Å². The van der Waals surface area contributed by atoms with Crippen LogP contribution in [0.5, 0.6) is 0 Å². The Hall–Kier alpha value is -6.90. The summed E-state index contributed by atoms with van der Waals surface area (Å²) in [6.07, 6.45) is 0. The molecule has 8 aromatic rings. The van der Waals surface area contributed by atoms with Gasteiger partial charge in [-0.25, -0.2) is 9.98 Å². The second-order valence-electron chi connectivity index (χ2n) is 15.2. The van der Waals surface area contributed by atoms with E-state index in [9.17, 15) is 0 Å². The molecule has 0 aliphatic carbocycles. The second-order valence-corrected chi connectivity index (χ2v) is 15.2. The van der Waals surface area contributed by atoms with Gasteiger partial charge in [-0.15, -0.1) is 0 Å². The molecule has 0 radical (unpaired) electrons. The zero-order valence-electron chi connectivity index (χ0n) is 33.7. The standard InChI is InChI=1S/C56H48N2/c1-39-35-41(3)53(49(37-39)51(43-23-11-5-12-24-43)44-25-13-6-14-26-44)57-55(47-31-19-9-20-32-47)56(48-33-21-10-22-34-48)58-54-42(4)36-40(2)38-50(54)52(45-27-15-7-16-28-45)46-29-17-8-18-30-46/h5-38,51-52H,1-4H3. The topological polar surface area (TPSA) is 24.7 Å². The zero-order valence-corrected chi connectivity index (χ0v) is 33.7. The van der Waals surface area contributed by atoms with E-state index in [-0.39, 0.29) is 11.8 Å². The van der Waals surface area contributed by atoms with Crippen molar-refractivity contribution in [3.63, 3.8) is 0 Å². The first-order valence-corrected chi connectivity index (χ1v) is 20.1. The van der Waals surface area contributed by atoms with Crippen molar-refractivity contribution in [1.82, 2.24) is 0 Å². The van der Waals surface area contributed by atoms with Crippen molar-refractivity contribution >= 4 is 22.8 Å². The molecule has 282 valence electrons. The fraction of sp³-hybridized carbons (Fsp3) is 0.107. The monoisotopic (exact) mass is 748 g/mol. The lowest BCUT2D eigenvalue weighted by Gasteiger charge is -2.24. The van der Waals surface area contributed by atoms with Crippen molar-refractivity contribution in [2.24, 2.45) is 9.98 Å². The molecule has 0 amide bonds. The molecule has 0 heterocycles. The number of rotatable bonds is 11. The van der Waals surface area contributed by atoms with Gasteiger partial charge in [0.15, 0.2) is 0 Å². The minimum absolute atomic E-state index is 0.0302. The Morgan fingerprint density at radius 2 is 0.586 bits per heavy atom. The van der Waals surface area contributed by atoms with E-state index in [1.165, 1.54) is 33.4 Å². The SMILES string of the molecule is Cc1cc(C)c(N=C(C(=Nc2c(C)cc(C)cc2C(c2ccccc2)c2ccccc2)c2ccccc2)c2ccccc2)c(C(c2ccccc2)c2ccccc2)c1. The molecule has 8 aromatic carbocycles. The third-order valence-corrected chi connectivity index (χ3v) is 10.9. The van der Waals surface area contributed by atoms with Gasteiger partial charge in [-0.3, -0.25) is 0 Å². The number of nitrogens with zero attached hydrogens (tertiary/aromatic N) is 2. The molecule has 0 aromatic heterocycles. The average molecular weight is 749 g/mol. The van der Waals surface area contributed by atoms with Crippen LogP contribution in [0.4, 0.5) is 11.4 Å². The maximum atomic E-state index is 5.84. The van der Waals surface area contributed by atoms with Gasteiger partial charge in [-0.05, 0) is 72.2 Å². The van der Waals surface area contributed by atoms with Crippen molar-refractivity contribution in [2.45, 2.75) is 39.5 Å². The largest absolute Gasteiger partial charge is 0.246 e. The molecule has 0 saturated carbocycles. The van der Waals surface area contributed by atoms with Crippen LogP contribution in [0.25, 0.3) is 0 Å². The highest BCUT2D eigenvalue weighted by Crippen LogP contribution is 2.42. The fourth-order valence-corrected chi connectivity index (χ4v) is 8.34. The second kappa shape index (κ2) is 17.5. The molecule has 0 bridgehead atoms. The van der Waals surface area contributed by atoms with Gasteiger partial charge >= 0.3 is 0 Å². The third kappa shape index (κ3) is 8.28. The highest BCUT2D eigenvalue weighted by atomic mass is 14.8. The molecule has 2 nitrogen and oxygen atoms in total. The number of aliphatic imine (C=N–C) groups is 2. The lowest BCUT2D eigenvalue weighted by molar-refractivity contribution is 0.969. The molecule has 0 aliphatic rings. The molecule has 0 aliphatic heterocycles. The van der Waals surface area contributed by atoms with Crippen LogP contribution in [0, 0.1) is 27.7 Å². The molecule has 0 atom stereocenters. The first kappa shape index (κ1) is 38.0. The summed E-state index contributed by atoms with van der Waals surface area (Å²) in [4.78, 5) is 11.7.